The van der Waals surface area contributed by atoms with Gasteiger partial charge in [-0.1, -0.05) is 29.3 Å². The summed E-state index contributed by atoms with van der Waals surface area (Å²) in [5.74, 6) is 0. The zero-order valence-corrected chi connectivity index (χ0v) is 10.5. The lowest BCUT2D eigenvalue weighted by atomic mass is 10.0. The fraction of sp³-hybridized carbons (Fsp3) is 0.364. The molecule has 0 spiro atoms. The molecule has 1 aliphatic rings. The molecule has 2 N–H and O–H groups in total. The van der Waals surface area contributed by atoms with Gasteiger partial charge >= 0.3 is 6.09 Å². The smallest absolute Gasteiger partial charge is 0.407 e. The molecule has 0 aromatic heterocycles. The molecule has 1 aromatic rings. The third-order valence-electron chi connectivity index (χ3n) is 2.82. The van der Waals surface area contributed by atoms with Crippen molar-refractivity contribution < 1.29 is 9.90 Å². The first kappa shape index (κ1) is 12.5. The predicted molar refractivity (Wildman–Crippen MR) is 66.8 cm³/mol. The minimum Gasteiger partial charge on any atom is -0.465 e. The van der Waals surface area contributed by atoms with E-state index in [-0.39, 0.29) is 6.04 Å². The van der Waals surface area contributed by atoms with E-state index in [0.717, 1.165) is 5.56 Å². The van der Waals surface area contributed by atoms with E-state index in [9.17, 15) is 4.79 Å². The number of amides is 1. The SMILES string of the molecule is O=C(O)N1CCNCC1c1ccc(Cl)c(Cl)c1. The van der Waals surface area contributed by atoms with Crippen LogP contribution in [0.5, 0.6) is 0 Å². The second-order valence-corrected chi connectivity index (χ2v) is 4.68. The molecule has 6 heteroatoms. The zero-order chi connectivity index (χ0) is 12.4. The predicted octanol–water partition coefficient (Wildman–Crippen LogP) is 2.62. The number of rotatable bonds is 1. The normalized spacial score (nSPS) is 20.4. The van der Waals surface area contributed by atoms with Crippen LogP contribution in [0.1, 0.15) is 11.6 Å². The molecule has 0 radical (unpaired) electrons. The molecular formula is C11H12Cl2N2O2. The van der Waals surface area contributed by atoms with E-state index in [2.05, 4.69) is 5.32 Å². The molecule has 0 saturated carbocycles. The Labute approximate surface area is 109 Å². The minimum atomic E-state index is -0.914. The second-order valence-electron chi connectivity index (χ2n) is 3.87. The minimum absolute atomic E-state index is 0.212. The molecule has 1 aromatic carbocycles. The van der Waals surface area contributed by atoms with E-state index in [1.807, 2.05) is 6.07 Å². The van der Waals surface area contributed by atoms with Crippen molar-refractivity contribution in [2.75, 3.05) is 19.6 Å². The van der Waals surface area contributed by atoms with Gasteiger partial charge in [0.2, 0.25) is 0 Å². The van der Waals surface area contributed by atoms with Crippen LogP contribution in [-0.2, 0) is 0 Å². The average molecular weight is 275 g/mol. The van der Waals surface area contributed by atoms with Crippen molar-refractivity contribution in [1.82, 2.24) is 10.2 Å². The van der Waals surface area contributed by atoms with E-state index in [0.29, 0.717) is 29.7 Å². The summed E-state index contributed by atoms with van der Waals surface area (Å²) in [5, 5.41) is 13.2. The quantitative estimate of drug-likeness (QED) is 0.828. The Balaban J connectivity index is 2.29. The zero-order valence-electron chi connectivity index (χ0n) is 8.99. The Kier molecular flexibility index (Phi) is 3.76. The second kappa shape index (κ2) is 5.12. The Morgan fingerprint density at radius 3 is 2.82 bits per heavy atom. The molecule has 4 nitrogen and oxygen atoms in total. The van der Waals surface area contributed by atoms with Gasteiger partial charge in [-0.3, -0.25) is 4.90 Å². The lowest BCUT2D eigenvalue weighted by Gasteiger charge is -2.34. The molecule has 0 bridgehead atoms. The third kappa shape index (κ3) is 2.65. The van der Waals surface area contributed by atoms with Crippen LogP contribution in [0.3, 0.4) is 0 Å². The molecule has 1 atom stereocenters. The van der Waals surface area contributed by atoms with Crippen LogP contribution in [0.2, 0.25) is 10.0 Å². The number of nitrogens with zero attached hydrogens (tertiary/aromatic N) is 1. The third-order valence-corrected chi connectivity index (χ3v) is 3.56. The summed E-state index contributed by atoms with van der Waals surface area (Å²) in [6, 6.07) is 5.00. The highest BCUT2D eigenvalue weighted by Crippen LogP contribution is 2.29. The summed E-state index contributed by atoms with van der Waals surface area (Å²) >= 11 is 11.8. The van der Waals surface area contributed by atoms with Crippen molar-refractivity contribution in [1.29, 1.82) is 0 Å². The summed E-state index contributed by atoms with van der Waals surface area (Å²) in [4.78, 5) is 12.5. The van der Waals surface area contributed by atoms with E-state index >= 15 is 0 Å². The first-order valence-corrected chi connectivity index (χ1v) is 6.00. The van der Waals surface area contributed by atoms with Crippen LogP contribution in [0.15, 0.2) is 18.2 Å². The van der Waals surface area contributed by atoms with Gasteiger partial charge in [-0.15, -0.1) is 0 Å². The average Bonchev–Trinajstić information content (AvgIpc) is 2.32. The Hall–Kier alpha value is -0.970. The molecule has 17 heavy (non-hydrogen) atoms. The molecule has 1 aliphatic heterocycles. The van der Waals surface area contributed by atoms with Gasteiger partial charge in [-0.05, 0) is 17.7 Å². The fourth-order valence-corrected chi connectivity index (χ4v) is 2.26. The number of carboxylic acid groups (broad SMARTS) is 1. The lowest BCUT2D eigenvalue weighted by molar-refractivity contribution is 0.112. The first-order valence-electron chi connectivity index (χ1n) is 5.25. The Morgan fingerprint density at radius 2 is 2.18 bits per heavy atom. The number of piperazine rings is 1. The van der Waals surface area contributed by atoms with Crippen LogP contribution in [0.25, 0.3) is 0 Å². The molecule has 0 aliphatic carbocycles. The van der Waals surface area contributed by atoms with Gasteiger partial charge < -0.3 is 10.4 Å². The van der Waals surface area contributed by atoms with Crippen molar-refractivity contribution in [2.45, 2.75) is 6.04 Å². The summed E-state index contributed by atoms with van der Waals surface area (Å²) in [6.45, 7) is 1.73. The molecule has 2 rings (SSSR count). The fourth-order valence-electron chi connectivity index (χ4n) is 1.95. The van der Waals surface area contributed by atoms with Crippen molar-refractivity contribution in [3.63, 3.8) is 0 Å². The van der Waals surface area contributed by atoms with Gasteiger partial charge in [0.25, 0.3) is 0 Å². The number of hydrogen-bond acceptors (Lipinski definition) is 2. The molecule has 1 saturated heterocycles. The van der Waals surface area contributed by atoms with Crippen molar-refractivity contribution in [2.24, 2.45) is 0 Å². The topological polar surface area (TPSA) is 52.6 Å². The highest BCUT2D eigenvalue weighted by molar-refractivity contribution is 6.42. The maximum absolute atomic E-state index is 11.1. The van der Waals surface area contributed by atoms with E-state index < -0.39 is 6.09 Å². The monoisotopic (exact) mass is 274 g/mol. The van der Waals surface area contributed by atoms with Gasteiger partial charge in [-0.2, -0.15) is 0 Å². The highest BCUT2D eigenvalue weighted by atomic mass is 35.5. The van der Waals surface area contributed by atoms with E-state index in [4.69, 9.17) is 28.3 Å². The molecule has 1 amide bonds. The number of hydrogen-bond donors (Lipinski definition) is 2. The summed E-state index contributed by atoms with van der Waals surface area (Å²) in [5.41, 5.74) is 0.856. The summed E-state index contributed by atoms with van der Waals surface area (Å²) < 4.78 is 0. The van der Waals surface area contributed by atoms with Crippen LogP contribution >= 0.6 is 23.2 Å². The number of halogens is 2. The maximum Gasteiger partial charge on any atom is 0.407 e. The van der Waals surface area contributed by atoms with Crippen LogP contribution in [-0.4, -0.2) is 35.7 Å². The lowest BCUT2D eigenvalue weighted by Crippen LogP contribution is -2.48. The van der Waals surface area contributed by atoms with Gasteiger partial charge in [0.05, 0.1) is 16.1 Å². The molecule has 92 valence electrons. The molecular weight excluding hydrogens is 263 g/mol. The van der Waals surface area contributed by atoms with E-state index in [1.54, 1.807) is 12.1 Å². The standard InChI is InChI=1S/C11H12Cl2N2O2/c12-8-2-1-7(5-9(8)13)10-6-14-3-4-15(10)11(16)17/h1-2,5,10,14H,3-4,6H2,(H,16,17). The van der Waals surface area contributed by atoms with Crippen molar-refractivity contribution in [3.05, 3.63) is 33.8 Å². The van der Waals surface area contributed by atoms with Crippen molar-refractivity contribution >= 4 is 29.3 Å². The number of nitrogens with one attached hydrogen (secondary N) is 1. The van der Waals surface area contributed by atoms with E-state index in [1.165, 1.54) is 4.90 Å². The van der Waals surface area contributed by atoms with Crippen LogP contribution in [0.4, 0.5) is 4.79 Å². The van der Waals surface area contributed by atoms with Gasteiger partial charge in [-0.25, -0.2) is 4.79 Å². The largest absolute Gasteiger partial charge is 0.465 e. The maximum atomic E-state index is 11.1. The number of carbonyl (C=O) groups is 1. The molecule has 1 unspecified atom stereocenters. The summed E-state index contributed by atoms with van der Waals surface area (Å²) in [6.07, 6.45) is -0.914. The molecule has 1 fully saturated rings. The first-order chi connectivity index (χ1) is 8.09. The number of benzene rings is 1. The van der Waals surface area contributed by atoms with Gasteiger partial charge in [0.1, 0.15) is 0 Å². The highest BCUT2D eigenvalue weighted by Gasteiger charge is 2.27. The summed E-state index contributed by atoms with van der Waals surface area (Å²) in [7, 11) is 0. The van der Waals surface area contributed by atoms with Crippen LogP contribution in [0, 0.1) is 0 Å². The van der Waals surface area contributed by atoms with Crippen LogP contribution < -0.4 is 5.32 Å². The van der Waals surface area contributed by atoms with Gasteiger partial charge in [0, 0.05) is 19.6 Å². The van der Waals surface area contributed by atoms with Crippen molar-refractivity contribution in [3.8, 4) is 0 Å². The molecule has 1 heterocycles. The Bertz CT molecular complexity index is 439. The van der Waals surface area contributed by atoms with Gasteiger partial charge in [0.15, 0.2) is 0 Å². The Morgan fingerprint density at radius 1 is 1.41 bits per heavy atom.